The molecule has 0 aliphatic carbocycles. The zero-order chi connectivity index (χ0) is 8.43. The fourth-order valence-corrected chi connectivity index (χ4v) is 2.15. The van der Waals surface area contributed by atoms with Crippen molar-refractivity contribution in [2.75, 3.05) is 0 Å². The standard InChI is InChI=1S/C6H4BrClO2S.Na/c7-4-1-5(8)3-6(2-4)11(9)10;/h1-3H,(H,9,10);/q;+1/p-1. The normalized spacial score (nSPS) is 11.9. The molecule has 0 saturated heterocycles. The van der Waals surface area contributed by atoms with E-state index >= 15 is 0 Å². The van der Waals surface area contributed by atoms with Gasteiger partial charge in [-0.2, -0.15) is 0 Å². The van der Waals surface area contributed by atoms with Gasteiger partial charge in [0.15, 0.2) is 0 Å². The fourth-order valence-electron chi connectivity index (χ4n) is 0.625. The Hall–Kier alpha value is 1.10. The van der Waals surface area contributed by atoms with Gasteiger partial charge in [0.1, 0.15) is 0 Å². The van der Waals surface area contributed by atoms with Crippen LogP contribution in [0.3, 0.4) is 0 Å². The Labute approximate surface area is 108 Å². The first kappa shape index (κ1) is 13.1. The molecule has 1 aromatic carbocycles. The van der Waals surface area contributed by atoms with Gasteiger partial charge < -0.3 is 4.55 Å². The van der Waals surface area contributed by atoms with Crippen molar-refractivity contribution in [2.24, 2.45) is 0 Å². The molecule has 0 amide bonds. The number of rotatable bonds is 1. The Morgan fingerprint density at radius 2 is 2.00 bits per heavy atom. The predicted octanol–water partition coefficient (Wildman–Crippen LogP) is -0.655. The Kier molecular flexibility index (Phi) is 6.28. The van der Waals surface area contributed by atoms with Crippen LogP contribution in [0.2, 0.25) is 5.02 Å². The topological polar surface area (TPSA) is 40.1 Å². The van der Waals surface area contributed by atoms with Gasteiger partial charge in [0.25, 0.3) is 0 Å². The molecule has 6 heteroatoms. The number of hydrogen-bond acceptors (Lipinski definition) is 2. The molecule has 0 heterocycles. The molecule has 0 N–H and O–H groups in total. The van der Waals surface area contributed by atoms with Gasteiger partial charge in [-0.25, -0.2) is 0 Å². The molecule has 0 bridgehead atoms. The minimum Gasteiger partial charge on any atom is -0.768 e. The second-order valence-electron chi connectivity index (χ2n) is 1.84. The largest absolute Gasteiger partial charge is 1.00 e. The predicted molar refractivity (Wildman–Crippen MR) is 46.3 cm³/mol. The van der Waals surface area contributed by atoms with E-state index in [9.17, 15) is 8.76 Å². The molecule has 1 aromatic rings. The summed E-state index contributed by atoms with van der Waals surface area (Å²) >= 11 is 6.50. The zero-order valence-corrected chi connectivity index (χ0v) is 11.4. The van der Waals surface area contributed by atoms with Crippen LogP contribution in [0.1, 0.15) is 0 Å². The zero-order valence-electron chi connectivity index (χ0n) is 6.21. The Morgan fingerprint density at radius 3 is 2.42 bits per heavy atom. The summed E-state index contributed by atoms with van der Waals surface area (Å²) < 4.78 is 21.5. The first-order valence-electron chi connectivity index (χ1n) is 2.65. The molecule has 0 radical (unpaired) electrons. The summed E-state index contributed by atoms with van der Waals surface area (Å²) in [4.78, 5) is 0.185. The van der Waals surface area contributed by atoms with Crippen molar-refractivity contribution in [3.63, 3.8) is 0 Å². The second kappa shape index (κ2) is 5.75. The quantitative estimate of drug-likeness (QED) is 0.505. The summed E-state index contributed by atoms with van der Waals surface area (Å²) in [7, 11) is 0. The van der Waals surface area contributed by atoms with Crippen molar-refractivity contribution in [1.29, 1.82) is 0 Å². The Bertz CT molecular complexity index is 287. The summed E-state index contributed by atoms with van der Waals surface area (Å²) in [5.41, 5.74) is 0. The summed E-state index contributed by atoms with van der Waals surface area (Å²) in [5, 5.41) is 0.401. The molecular formula is C6H3BrClNaO2S. The molecule has 1 atom stereocenters. The van der Waals surface area contributed by atoms with E-state index in [4.69, 9.17) is 11.6 Å². The van der Waals surface area contributed by atoms with E-state index in [1.54, 1.807) is 6.07 Å². The van der Waals surface area contributed by atoms with Gasteiger partial charge in [0.05, 0.1) is 0 Å². The molecular weight excluding hydrogens is 274 g/mol. The van der Waals surface area contributed by atoms with E-state index in [2.05, 4.69) is 15.9 Å². The van der Waals surface area contributed by atoms with E-state index in [1.807, 2.05) is 0 Å². The minimum atomic E-state index is -2.21. The average molecular weight is 278 g/mol. The summed E-state index contributed by atoms with van der Waals surface area (Å²) in [6.07, 6.45) is 0. The molecule has 0 aliphatic heterocycles. The van der Waals surface area contributed by atoms with Crippen LogP contribution in [0, 0.1) is 0 Å². The van der Waals surface area contributed by atoms with Crippen molar-refractivity contribution in [2.45, 2.75) is 4.90 Å². The summed E-state index contributed by atoms with van der Waals surface area (Å²) in [5.74, 6) is 0. The van der Waals surface area contributed by atoms with E-state index in [-0.39, 0.29) is 34.5 Å². The van der Waals surface area contributed by atoms with Gasteiger partial charge in [-0.15, -0.1) is 0 Å². The molecule has 2 nitrogen and oxygen atoms in total. The van der Waals surface area contributed by atoms with Gasteiger partial charge in [-0.1, -0.05) is 27.5 Å². The molecule has 0 spiro atoms. The Balaban J connectivity index is 0.00000121. The van der Waals surface area contributed by atoms with Crippen LogP contribution >= 0.6 is 27.5 Å². The second-order valence-corrected chi connectivity index (χ2v) is 4.13. The average Bonchev–Trinajstić information content (AvgIpc) is 1.85. The van der Waals surface area contributed by atoms with Crippen molar-refractivity contribution in [3.05, 3.63) is 27.7 Å². The van der Waals surface area contributed by atoms with Crippen molar-refractivity contribution in [3.8, 4) is 0 Å². The van der Waals surface area contributed by atoms with Gasteiger partial charge in [-0.05, 0) is 29.3 Å². The van der Waals surface area contributed by atoms with Crippen molar-refractivity contribution in [1.82, 2.24) is 0 Å². The van der Waals surface area contributed by atoms with E-state index in [1.165, 1.54) is 12.1 Å². The van der Waals surface area contributed by atoms with Crippen LogP contribution in [-0.4, -0.2) is 8.76 Å². The van der Waals surface area contributed by atoms with Crippen molar-refractivity contribution < 1.29 is 38.3 Å². The van der Waals surface area contributed by atoms with Crippen LogP contribution in [0.5, 0.6) is 0 Å². The van der Waals surface area contributed by atoms with E-state index in [0.29, 0.717) is 9.50 Å². The number of hydrogen-bond donors (Lipinski definition) is 0. The molecule has 12 heavy (non-hydrogen) atoms. The molecule has 0 aromatic heterocycles. The van der Waals surface area contributed by atoms with Gasteiger partial charge in [-0.3, -0.25) is 4.21 Å². The Morgan fingerprint density at radius 1 is 1.42 bits per heavy atom. The van der Waals surface area contributed by atoms with E-state index in [0.717, 1.165) is 0 Å². The first-order chi connectivity index (χ1) is 5.09. The minimum absolute atomic E-state index is 0. The summed E-state index contributed by atoms with van der Waals surface area (Å²) in [6, 6.07) is 4.49. The van der Waals surface area contributed by atoms with Gasteiger partial charge in [0, 0.05) is 14.4 Å². The van der Waals surface area contributed by atoms with E-state index < -0.39 is 11.1 Å². The van der Waals surface area contributed by atoms with Crippen LogP contribution in [0.15, 0.2) is 27.6 Å². The molecule has 0 aliphatic rings. The van der Waals surface area contributed by atoms with Crippen LogP contribution < -0.4 is 29.6 Å². The maximum absolute atomic E-state index is 10.4. The maximum Gasteiger partial charge on any atom is 1.00 e. The van der Waals surface area contributed by atoms with Gasteiger partial charge >= 0.3 is 29.6 Å². The third kappa shape index (κ3) is 3.87. The van der Waals surface area contributed by atoms with Crippen LogP contribution in [0.25, 0.3) is 0 Å². The number of benzene rings is 1. The fraction of sp³-hybridized carbons (Fsp3) is 0. The van der Waals surface area contributed by atoms with Crippen molar-refractivity contribution >= 4 is 38.6 Å². The monoisotopic (exact) mass is 276 g/mol. The third-order valence-electron chi connectivity index (χ3n) is 1.03. The maximum atomic E-state index is 10.4. The number of halogens is 2. The third-order valence-corrected chi connectivity index (χ3v) is 2.33. The van der Waals surface area contributed by atoms with Crippen LogP contribution in [0.4, 0.5) is 0 Å². The smallest absolute Gasteiger partial charge is 0.768 e. The molecule has 60 valence electrons. The first-order valence-corrected chi connectivity index (χ1v) is 4.89. The molecule has 0 saturated carbocycles. The molecule has 1 rings (SSSR count). The summed E-state index contributed by atoms with van der Waals surface area (Å²) in [6.45, 7) is 0. The van der Waals surface area contributed by atoms with Gasteiger partial charge in [0.2, 0.25) is 0 Å². The molecule has 1 unspecified atom stereocenters. The SMILES string of the molecule is O=S([O-])c1cc(Cl)cc(Br)c1.[Na+]. The van der Waals surface area contributed by atoms with Crippen LogP contribution in [-0.2, 0) is 11.1 Å². The molecule has 0 fully saturated rings.